The van der Waals surface area contributed by atoms with Crippen molar-refractivity contribution in [2.45, 2.75) is 0 Å². The first-order valence-electron chi connectivity index (χ1n) is 9.35. The molecule has 0 unspecified atom stereocenters. The first-order chi connectivity index (χ1) is 15.4. The highest BCUT2D eigenvalue weighted by Gasteiger charge is 2.11. The first-order valence-corrected chi connectivity index (χ1v) is 10.9. The average molecular weight is 559 g/mol. The highest BCUT2D eigenvalue weighted by atomic mass is 79.9. The van der Waals surface area contributed by atoms with Crippen LogP contribution in [0.25, 0.3) is 0 Å². The Kier molecular flexibility index (Phi) is 8.29. The quantitative estimate of drug-likeness (QED) is 0.195. The molecule has 0 bridgehead atoms. The lowest BCUT2D eigenvalue weighted by Crippen LogP contribution is -2.35. The van der Waals surface area contributed by atoms with E-state index in [2.05, 4.69) is 47.7 Å². The predicted molar refractivity (Wildman–Crippen MR) is 128 cm³/mol. The predicted octanol–water partition coefficient (Wildman–Crippen LogP) is 4.31. The summed E-state index contributed by atoms with van der Waals surface area (Å²) in [5.41, 5.74) is 3.89. The zero-order valence-electron chi connectivity index (χ0n) is 16.5. The lowest BCUT2D eigenvalue weighted by atomic mass is 10.2. The molecule has 0 radical (unpaired) electrons. The van der Waals surface area contributed by atoms with E-state index in [-0.39, 0.29) is 12.5 Å². The number of amides is 2. The maximum absolute atomic E-state index is 12.2. The fourth-order valence-electron chi connectivity index (χ4n) is 2.52. The zero-order valence-corrected chi connectivity index (χ0v) is 19.7. The van der Waals surface area contributed by atoms with Gasteiger partial charge in [-0.3, -0.25) is 9.59 Å². The molecule has 0 spiro atoms. The van der Waals surface area contributed by atoms with Gasteiger partial charge >= 0.3 is 5.97 Å². The van der Waals surface area contributed by atoms with Gasteiger partial charge in [0.2, 0.25) is 0 Å². The Morgan fingerprint density at radius 1 is 0.938 bits per heavy atom. The molecule has 0 aliphatic heterocycles. The van der Waals surface area contributed by atoms with E-state index in [0.717, 1.165) is 4.47 Å². The van der Waals surface area contributed by atoms with Gasteiger partial charge in [-0.1, -0.05) is 34.1 Å². The van der Waals surface area contributed by atoms with Crippen molar-refractivity contribution in [2.24, 2.45) is 5.10 Å². The summed E-state index contributed by atoms with van der Waals surface area (Å²) >= 11 is 6.61. The number of rotatable bonds is 7. The number of halogens is 2. The van der Waals surface area contributed by atoms with E-state index < -0.39 is 11.9 Å². The third kappa shape index (κ3) is 6.86. The highest BCUT2D eigenvalue weighted by Crippen LogP contribution is 2.17. The first kappa shape index (κ1) is 23.4. The molecule has 2 N–H and O–H groups in total. The van der Waals surface area contributed by atoms with Gasteiger partial charge < -0.3 is 10.1 Å². The number of nitrogens with zero attached hydrogens (tertiary/aromatic N) is 1. The molecule has 9 heteroatoms. The van der Waals surface area contributed by atoms with Gasteiger partial charge in [-0.2, -0.15) is 5.10 Å². The van der Waals surface area contributed by atoms with Crippen LogP contribution in [0.4, 0.5) is 0 Å². The monoisotopic (exact) mass is 557 g/mol. The van der Waals surface area contributed by atoms with Gasteiger partial charge in [-0.15, -0.1) is 0 Å². The summed E-state index contributed by atoms with van der Waals surface area (Å²) in [6.45, 7) is -0.220. The van der Waals surface area contributed by atoms with Gasteiger partial charge in [-0.05, 0) is 76.1 Å². The fourth-order valence-corrected chi connectivity index (χ4v) is 3.39. The van der Waals surface area contributed by atoms with Crippen molar-refractivity contribution >= 4 is 55.9 Å². The van der Waals surface area contributed by atoms with Crippen LogP contribution in [0, 0.1) is 0 Å². The van der Waals surface area contributed by atoms with Crippen LogP contribution in [0.5, 0.6) is 5.75 Å². The number of carbonyl (C=O) groups is 3. The van der Waals surface area contributed by atoms with Gasteiger partial charge in [-0.25, -0.2) is 10.2 Å². The standard InChI is InChI=1S/C23H17Br2N3O4/c24-17-5-3-4-16(12-17)23(31)32-18-10-8-15(9-11-18)13-27-28-21(29)14-26-22(30)19-6-1-2-7-20(19)25/h1-13H,14H2,(H,26,30)(H,28,29). The number of esters is 1. The Bertz CT molecular complexity index is 1160. The van der Waals surface area contributed by atoms with Crippen molar-refractivity contribution in [1.29, 1.82) is 0 Å². The van der Waals surface area contributed by atoms with Gasteiger partial charge in [0.1, 0.15) is 5.75 Å². The van der Waals surface area contributed by atoms with Crippen LogP contribution in [0.15, 0.2) is 86.8 Å². The number of ether oxygens (including phenoxy) is 1. The Morgan fingerprint density at radius 2 is 1.69 bits per heavy atom. The topological polar surface area (TPSA) is 96.9 Å². The molecule has 32 heavy (non-hydrogen) atoms. The number of hydrazone groups is 1. The Labute approximate surface area is 201 Å². The number of benzene rings is 3. The molecule has 2 amide bonds. The maximum atomic E-state index is 12.2. The molecule has 0 heterocycles. The Morgan fingerprint density at radius 3 is 2.41 bits per heavy atom. The summed E-state index contributed by atoms with van der Waals surface area (Å²) < 4.78 is 6.76. The van der Waals surface area contributed by atoms with Crippen LogP contribution < -0.4 is 15.5 Å². The summed E-state index contributed by atoms with van der Waals surface area (Å²) in [5.74, 6) is -0.929. The highest BCUT2D eigenvalue weighted by molar-refractivity contribution is 9.10. The van der Waals surface area contributed by atoms with Gasteiger partial charge in [0, 0.05) is 8.95 Å². The zero-order chi connectivity index (χ0) is 22.9. The summed E-state index contributed by atoms with van der Waals surface area (Å²) in [5, 5.41) is 6.38. The molecule has 0 aliphatic rings. The number of hydrogen-bond donors (Lipinski definition) is 2. The van der Waals surface area contributed by atoms with Crippen molar-refractivity contribution in [3.63, 3.8) is 0 Å². The molecule has 0 saturated carbocycles. The van der Waals surface area contributed by atoms with E-state index in [1.54, 1.807) is 66.7 Å². The Hall–Kier alpha value is -3.30. The molecule has 7 nitrogen and oxygen atoms in total. The van der Waals surface area contributed by atoms with Crippen LogP contribution >= 0.6 is 31.9 Å². The van der Waals surface area contributed by atoms with E-state index >= 15 is 0 Å². The Balaban J connectivity index is 1.46. The molecule has 3 aromatic carbocycles. The number of hydrogen-bond acceptors (Lipinski definition) is 5. The maximum Gasteiger partial charge on any atom is 0.343 e. The van der Waals surface area contributed by atoms with E-state index in [1.807, 2.05) is 6.07 Å². The van der Waals surface area contributed by atoms with E-state index in [1.165, 1.54) is 6.21 Å². The van der Waals surface area contributed by atoms with Gasteiger partial charge in [0.25, 0.3) is 11.8 Å². The van der Waals surface area contributed by atoms with Gasteiger partial charge in [0.15, 0.2) is 0 Å². The molecule has 0 fully saturated rings. The minimum Gasteiger partial charge on any atom is -0.423 e. The second-order valence-corrected chi connectivity index (χ2v) is 8.19. The van der Waals surface area contributed by atoms with Crippen molar-refractivity contribution in [3.05, 3.63) is 98.4 Å². The smallest absolute Gasteiger partial charge is 0.343 e. The molecule has 3 aromatic rings. The van der Waals surface area contributed by atoms with Gasteiger partial charge in [0.05, 0.1) is 23.9 Å². The van der Waals surface area contributed by atoms with Crippen LogP contribution in [0.1, 0.15) is 26.3 Å². The van der Waals surface area contributed by atoms with Crippen molar-refractivity contribution < 1.29 is 19.1 Å². The van der Waals surface area contributed by atoms with Crippen LogP contribution in [0.3, 0.4) is 0 Å². The van der Waals surface area contributed by atoms with Crippen molar-refractivity contribution in [2.75, 3.05) is 6.54 Å². The van der Waals surface area contributed by atoms with Crippen molar-refractivity contribution in [1.82, 2.24) is 10.7 Å². The van der Waals surface area contributed by atoms with Crippen LogP contribution in [-0.4, -0.2) is 30.5 Å². The molecule has 162 valence electrons. The molecule has 0 saturated heterocycles. The van der Waals surface area contributed by atoms with Crippen LogP contribution in [-0.2, 0) is 4.79 Å². The van der Waals surface area contributed by atoms with E-state index in [0.29, 0.717) is 26.9 Å². The summed E-state index contributed by atoms with van der Waals surface area (Å²) in [6.07, 6.45) is 1.44. The molecule has 0 aromatic heterocycles. The third-order valence-corrected chi connectivity index (χ3v) is 5.27. The van der Waals surface area contributed by atoms with E-state index in [4.69, 9.17) is 4.74 Å². The summed E-state index contributed by atoms with van der Waals surface area (Å²) in [4.78, 5) is 36.1. The third-order valence-electron chi connectivity index (χ3n) is 4.08. The van der Waals surface area contributed by atoms with E-state index in [9.17, 15) is 14.4 Å². The largest absolute Gasteiger partial charge is 0.423 e. The molecular weight excluding hydrogens is 542 g/mol. The average Bonchev–Trinajstić information content (AvgIpc) is 2.79. The van der Waals surface area contributed by atoms with Crippen LogP contribution in [0.2, 0.25) is 0 Å². The minimum atomic E-state index is -0.471. The fraction of sp³-hybridized carbons (Fsp3) is 0.0435. The number of carbonyl (C=O) groups excluding carboxylic acids is 3. The second kappa shape index (κ2) is 11.4. The SMILES string of the molecule is O=C(CNC(=O)c1ccccc1Br)NN=Cc1ccc(OC(=O)c2cccc(Br)c2)cc1. The molecule has 0 atom stereocenters. The molecule has 3 rings (SSSR count). The lowest BCUT2D eigenvalue weighted by Gasteiger charge is -2.06. The second-order valence-electron chi connectivity index (χ2n) is 6.42. The summed E-state index contributed by atoms with van der Waals surface area (Å²) in [7, 11) is 0. The molecule has 0 aliphatic carbocycles. The molecular formula is C23H17Br2N3O4. The minimum absolute atomic E-state index is 0.220. The summed E-state index contributed by atoms with van der Waals surface area (Å²) in [6, 6.07) is 20.4. The van der Waals surface area contributed by atoms with Crippen molar-refractivity contribution in [3.8, 4) is 5.75 Å². The lowest BCUT2D eigenvalue weighted by molar-refractivity contribution is -0.120. The normalized spacial score (nSPS) is 10.6. The number of nitrogens with one attached hydrogen (secondary N) is 2.